The van der Waals surface area contributed by atoms with Gasteiger partial charge < -0.3 is 4.74 Å². The number of hydrogen-bond acceptors (Lipinski definition) is 3. The topological polar surface area (TPSA) is 43.4 Å². The van der Waals surface area contributed by atoms with Crippen LogP contribution in [0.4, 0.5) is 17.6 Å². The van der Waals surface area contributed by atoms with Crippen LogP contribution in [-0.4, -0.2) is 30.7 Å². The maximum atomic E-state index is 13.3. The molecule has 0 spiro atoms. The molecule has 0 heterocycles. The quantitative estimate of drug-likeness (QED) is 0.435. The monoisotopic (exact) mass is 346 g/mol. The van der Waals surface area contributed by atoms with Gasteiger partial charge in [-0.25, -0.2) is 17.6 Å². The highest BCUT2D eigenvalue weighted by Gasteiger charge is 2.84. The van der Waals surface area contributed by atoms with Crippen LogP contribution in [-0.2, 0) is 14.3 Å². The smallest absolute Gasteiger partial charge is 0.311 e. The van der Waals surface area contributed by atoms with Crippen LogP contribution in [0.2, 0.25) is 0 Å². The number of Topliss-reactive ketones (excluding diaryl/α,β-unsaturated/α-hetero) is 1. The number of carbonyl (C=O) groups is 2. The number of esters is 1. The number of rotatable bonds is 5. The number of allylic oxidation sites excluding steroid dienone is 1. The van der Waals surface area contributed by atoms with Crippen LogP contribution in [0.1, 0.15) is 33.6 Å². The third-order valence-corrected chi connectivity index (χ3v) is 5.39. The summed E-state index contributed by atoms with van der Waals surface area (Å²) < 4.78 is 58.2. The molecular weight excluding hydrogens is 328 g/mol. The van der Waals surface area contributed by atoms with E-state index in [-0.39, 0.29) is 18.6 Å². The average Bonchev–Trinajstić information content (AvgIpc) is 2.90. The summed E-state index contributed by atoms with van der Waals surface area (Å²) in [6.07, 6.45) is -2.55. The van der Waals surface area contributed by atoms with Crippen molar-refractivity contribution in [2.75, 3.05) is 0 Å². The van der Waals surface area contributed by atoms with Gasteiger partial charge in [0.25, 0.3) is 12.9 Å². The van der Waals surface area contributed by atoms with Crippen LogP contribution >= 0.6 is 0 Å². The molecule has 2 atom stereocenters. The van der Waals surface area contributed by atoms with Gasteiger partial charge >= 0.3 is 5.97 Å². The zero-order chi connectivity index (χ0) is 18.4. The summed E-state index contributed by atoms with van der Waals surface area (Å²) in [5, 5.41) is 0. The molecule has 0 radical (unpaired) electrons. The van der Waals surface area contributed by atoms with Gasteiger partial charge in [0.15, 0.2) is 5.78 Å². The Balaban J connectivity index is 2.20. The van der Waals surface area contributed by atoms with Gasteiger partial charge in [-0.2, -0.15) is 0 Å². The largest absolute Gasteiger partial charge is 0.457 e. The van der Waals surface area contributed by atoms with E-state index in [9.17, 15) is 27.2 Å². The molecular formula is C17H18F4O3. The molecule has 1 fully saturated rings. The molecule has 1 saturated carbocycles. The Morgan fingerprint density at radius 3 is 2.29 bits per heavy atom. The first-order valence-electron chi connectivity index (χ1n) is 7.46. The normalized spacial score (nSPS) is 27.6. The molecule has 0 amide bonds. The highest BCUT2D eigenvalue weighted by atomic mass is 19.3. The van der Waals surface area contributed by atoms with Gasteiger partial charge in [-0.3, -0.25) is 9.59 Å². The summed E-state index contributed by atoms with van der Waals surface area (Å²) in [6, 6.07) is 0. The fourth-order valence-electron chi connectivity index (χ4n) is 3.77. The van der Waals surface area contributed by atoms with Crippen LogP contribution in [0, 0.1) is 29.1 Å². The Morgan fingerprint density at radius 1 is 1.33 bits per heavy atom. The van der Waals surface area contributed by atoms with Crippen molar-refractivity contribution in [2.45, 2.75) is 52.6 Å². The molecule has 132 valence electrons. The van der Waals surface area contributed by atoms with E-state index in [0.29, 0.717) is 11.1 Å². The Bertz CT molecular complexity index is 635. The van der Waals surface area contributed by atoms with Crippen molar-refractivity contribution >= 4 is 11.8 Å². The molecule has 2 rings (SSSR count). The molecule has 24 heavy (non-hydrogen) atoms. The number of terminal acetylenes is 1. The molecule has 2 aliphatic rings. The molecule has 0 aromatic carbocycles. The van der Waals surface area contributed by atoms with Crippen molar-refractivity contribution in [1.29, 1.82) is 0 Å². The van der Waals surface area contributed by atoms with E-state index in [1.165, 1.54) is 13.8 Å². The zero-order valence-corrected chi connectivity index (χ0v) is 13.5. The van der Waals surface area contributed by atoms with Gasteiger partial charge in [0.2, 0.25) is 0 Å². The first-order chi connectivity index (χ1) is 11.0. The lowest BCUT2D eigenvalue weighted by molar-refractivity contribution is -0.154. The van der Waals surface area contributed by atoms with E-state index in [1.54, 1.807) is 6.92 Å². The molecule has 2 unspecified atom stereocenters. The highest BCUT2D eigenvalue weighted by molar-refractivity contribution is 6.00. The summed E-state index contributed by atoms with van der Waals surface area (Å²) >= 11 is 0. The molecule has 0 aliphatic heterocycles. The fourth-order valence-corrected chi connectivity index (χ4v) is 3.77. The number of alkyl halides is 4. The van der Waals surface area contributed by atoms with Gasteiger partial charge in [-0.1, -0.05) is 13.8 Å². The Kier molecular flexibility index (Phi) is 4.55. The predicted octanol–water partition coefficient (Wildman–Crippen LogP) is 3.38. The van der Waals surface area contributed by atoms with E-state index in [1.807, 2.05) is 0 Å². The number of carbonyl (C=O) groups excluding carboxylic acids is 2. The van der Waals surface area contributed by atoms with E-state index < -0.39 is 41.7 Å². The van der Waals surface area contributed by atoms with E-state index >= 15 is 0 Å². The standard InChI is InChI=1S/C17H18F4O3/c1-5-6-9-8(2)11(7-10(9)22)24-13(23)12-16(3,4)17(12,14(18)19)15(20)21/h1,11-12,14-15H,6-7H2,2-4H3. The average molecular weight is 346 g/mol. The third kappa shape index (κ3) is 2.35. The van der Waals surface area contributed by atoms with Crippen LogP contribution in [0.25, 0.3) is 0 Å². The molecule has 0 aromatic rings. The molecule has 0 aromatic heterocycles. The molecule has 3 nitrogen and oxygen atoms in total. The van der Waals surface area contributed by atoms with Crippen molar-refractivity contribution in [3.63, 3.8) is 0 Å². The SMILES string of the molecule is C#CCC1=C(C)C(OC(=O)C2C(C)(C)C2(C(F)F)C(F)F)CC1=O. The minimum Gasteiger partial charge on any atom is -0.457 e. The van der Waals surface area contributed by atoms with Crippen molar-refractivity contribution in [3.8, 4) is 12.3 Å². The van der Waals surface area contributed by atoms with Gasteiger partial charge in [-0.15, -0.1) is 12.3 Å². The molecule has 0 bridgehead atoms. The Hall–Kier alpha value is -1.84. The van der Waals surface area contributed by atoms with E-state index in [2.05, 4.69) is 5.92 Å². The van der Waals surface area contributed by atoms with Gasteiger partial charge in [0.05, 0.1) is 12.3 Å². The summed E-state index contributed by atoms with van der Waals surface area (Å²) in [5.41, 5.74) is -3.51. The lowest BCUT2D eigenvalue weighted by atomic mass is 9.97. The van der Waals surface area contributed by atoms with Crippen LogP contribution in [0.5, 0.6) is 0 Å². The first kappa shape index (κ1) is 18.5. The highest BCUT2D eigenvalue weighted by Crippen LogP contribution is 2.74. The minimum absolute atomic E-state index is 0.0750. The van der Waals surface area contributed by atoms with Crippen molar-refractivity contribution in [2.24, 2.45) is 16.7 Å². The zero-order valence-electron chi connectivity index (χ0n) is 13.5. The van der Waals surface area contributed by atoms with Crippen molar-refractivity contribution in [1.82, 2.24) is 0 Å². The summed E-state index contributed by atoms with van der Waals surface area (Å²) in [5.74, 6) is -0.713. The van der Waals surface area contributed by atoms with Gasteiger partial charge in [0, 0.05) is 12.0 Å². The van der Waals surface area contributed by atoms with Crippen LogP contribution in [0.15, 0.2) is 11.1 Å². The Morgan fingerprint density at radius 2 is 1.88 bits per heavy atom. The van der Waals surface area contributed by atoms with Gasteiger partial charge in [0.1, 0.15) is 11.5 Å². The second-order valence-electron chi connectivity index (χ2n) is 6.78. The van der Waals surface area contributed by atoms with Crippen LogP contribution < -0.4 is 0 Å². The van der Waals surface area contributed by atoms with Crippen molar-refractivity contribution in [3.05, 3.63) is 11.1 Å². The van der Waals surface area contributed by atoms with Crippen LogP contribution in [0.3, 0.4) is 0 Å². The molecule has 7 heteroatoms. The van der Waals surface area contributed by atoms with E-state index in [4.69, 9.17) is 11.2 Å². The fraction of sp³-hybridized carbons (Fsp3) is 0.647. The maximum absolute atomic E-state index is 13.3. The first-order valence-corrected chi connectivity index (χ1v) is 7.46. The summed E-state index contributed by atoms with van der Waals surface area (Å²) in [6.45, 7) is 3.95. The number of hydrogen-bond donors (Lipinski definition) is 0. The lowest BCUT2D eigenvalue weighted by Crippen LogP contribution is -2.30. The number of ketones is 1. The third-order valence-electron chi connectivity index (χ3n) is 5.39. The maximum Gasteiger partial charge on any atom is 0.311 e. The van der Waals surface area contributed by atoms with E-state index in [0.717, 1.165) is 0 Å². The number of halogens is 4. The lowest BCUT2D eigenvalue weighted by Gasteiger charge is -2.18. The van der Waals surface area contributed by atoms with Crippen molar-refractivity contribution < 1.29 is 31.9 Å². The second kappa shape index (κ2) is 5.91. The molecule has 0 N–H and O–H groups in total. The Labute approximate surface area is 137 Å². The molecule has 2 aliphatic carbocycles. The summed E-state index contributed by atoms with van der Waals surface area (Å²) in [4.78, 5) is 24.1. The predicted molar refractivity (Wildman–Crippen MR) is 77.4 cm³/mol. The van der Waals surface area contributed by atoms with Gasteiger partial charge in [-0.05, 0) is 17.9 Å². The molecule has 0 saturated heterocycles. The number of ether oxygens (including phenoxy) is 1. The summed E-state index contributed by atoms with van der Waals surface area (Å²) in [7, 11) is 0. The second-order valence-corrected chi connectivity index (χ2v) is 6.78. The minimum atomic E-state index is -3.36.